The minimum absolute atomic E-state index is 0.0682. The van der Waals surface area contributed by atoms with Crippen LogP contribution in [-0.2, 0) is 16.9 Å². The highest BCUT2D eigenvalue weighted by molar-refractivity contribution is 7.91. The van der Waals surface area contributed by atoms with E-state index in [-0.39, 0.29) is 23.1 Å². The number of hydrogen-bond donors (Lipinski definition) is 1. The number of anilines is 1. The van der Waals surface area contributed by atoms with Gasteiger partial charge in [-0.1, -0.05) is 29.8 Å². The molecule has 140 valence electrons. The number of fused-ring (bicyclic) bond motifs is 1. The number of aromatic nitrogens is 3. The maximum atomic E-state index is 12.8. The molecule has 3 aromatic rings. The molecule has 1 aromatic carbocycles. The number of rotatable bonds is 3. The molecule has 2 aromatic heterocycles. The fourth-order valence-corrected chi connectivity index (χ4v) is 5.19. The Morgan fingerprint density at radius 3 is 2.74 bits per heavy atom. The molecule has 7 nitrogen and oxygen atoms in total. The van der Waals surface area contributed by atoms with Crippen molar-refractivity contribution in [2.75, 3.05) is 16.8 Å². The Kier molecular flexibility index (Phi) is 4.39. The van der Waals surface area contributed by atoms with Crippen LogP contribution in [0.15, 0.2) is 41.3 Å². The third-order valence-corrected chi connectivity index (χ3v) is 6.78. The Bertz CT molecular complexity index is 1210. The highest BCUT2D eigenvalue weighted by Gasteiger charge is 2.28. The van der Waals surface area contributed by atoms with E-state index in [1.54, 1.807) is 31.4 Å². The van der Waals surface area contributed by atoms with Gasteiger partial charge in [0.1, 0.15) is 5.65 Å². The third-order valence-electron chi connectivity index (χ3n) is 4.68. The lowest BCUT2D eigenvalue weighted by molar-refractivity contribution is 0.602. The van der Waals surface area contributed by atoms with E-state index in [0.29, 0.717) is 39.6 Å². The predicted molar refractivity (Wildman–Crippen MR) is 106 cm³/mol. The van der Waals surface area contributed by atoms with E-state index in [0.717, 1.165) is 0 Å². The molecule has 0 amide bonds. The molecule has 1 unspecified atom stereocenters. The zero-order valence-corrected chi connectivity index (χ0v) is 16.1. The van der Waals surface area contributed by atoms with Crippen molar-refractivity contribution in [2.45, 2.75) is 12.5 Å². The second-order valence-corrected chi connectivity index (χ2v) is 9.25. The van der Waals surface area contributed by atoms with Crippen molar-refractivity contribution < 1.29 is 8.42 Å². The summed E-state index contributed by atoms with van der Waals surface area (Å²) in [6.45, 7) is 0. The van der Waals surface area contributed by atoms with Crippen LogP contribution in [0.1, 0.15) is 6.42 Å². The van der Waals surface area contributed by atoms with Gasteiger partial charge in [-0.25, -0.2) is 13.4 Å². The summed E-state index contributed by atoms with van der Waals surface area (Å²) in [4.78, 5) is 21.5. The molecule has 3 heterocycles. The fourth-order valence-electron chi connectivity index (χ4n) is 3.28. The largest absolute Gasteiger partial charge is 0.350 e. The summed E-state index contributed by atoms with van der Waals surface area (Å²) < 4.78 is 24.7. The molecule has 1 aliphatic heterocycles. The molecule has 1 saturated heterocycles. The molecule has 4 rings (SSSR count). The Labute approximate surface area is 160 Å². The van der Waals surface area contributed by atoms with Crippen molar-refractivity contribution in [2.24, 2.45) is 7.05 Å². The highest BCUT2D eigenvalue weighted by Crippen LogP contribution is 2.27. The molecule has 1 aliphatic rings. The lowest BCUT2D eigenvalue weighted by Crippen LogP contribution is -2.23. The van der Waals surface area contributed by atoms with E-state index >= 15 is 0 Å². The number of pyridine rings is 1. The summed E-state index contributed by atoms with van der Waals surface area (Å²) in [6.07, 6.45) is 2.14. The van der Waals surface area contributed by atoms with Gasteiger partial charge in [0.05, 0.1) is 11.5 Å². The minimum Gasteiger partial charge on any atom is -0.350 e. The van der Waals surface area contributed by atoms with E-state index in [2.05, 4.69) is 15.3 Å². The summed E-state index contributed by atoms with van der Waals surface area (Å²) in [5.41, 5.74) is 1.37. The molecule has 0 bridgehead atoms. The van der Waals surface area contributed by atoms with Crippen LogP contribution in [0.4, 0.5) is 5.95 Å². The van der Waals surface area contributed by atoms with Crippen molar-refractivity contribution in [1.82, 2.24) is 14.5 Å². The Morgan fingerprint density at radius 1 is 1.26 bits per heavy atom. The Balaban J connectivity index is 1.75. The van der Waals surface area contributed by atoms with Crippen molar-refractivity contribution >= 4 is 38.4 Å². The average Bonchev–Trinajstić information content (AvgIpc) is 2.97. The lowest BCUT2D eigenvalue weighted by Gasteiger charge is -2.13. The monoisotopic (exact) mass is 404 g/mol. The first kappa shape index (κ1) is 17.9. The predicted octanol–water partition coefficient (Wildman–Crippen LogP) is 2.25. The number of hydrogen-bond acceptors (Lipinski definition) is 6. The molecule has 0 aliphatic carbocycles. The van der Waals surface area contributed by atoms with Gasteiger partial charge in [-0.3, -0.25) is 9.36 Å². The zero-order chi connectivity index (χ0) is 19.2. The number of nitrogens with zero attached hydrogens (tertiary/aromatic N) is 3. The van der Waals surface area contributed by atoms with E-state index in [1.807, 2.05) is 12.1 Å². The molecule has 0 saturated carbocycles. The van der Waals surface area contributed by atoms with Crippen LogP contribution in [0.5, 0.6) is 0 Å². The summed E-state index contributed by atoms with van der Waals surface area (Å²) in [7, 11) is -1.36. The highest BCUT2D eigenvalue weighted by atomic mass is 35.5. The van der Waals surface area contributed by atoms with Gasteiger partial charge in [0.25, 0.3) is 5.56 Å². The van der Waals surface area contributed by atoms with Crippen molar-refractivity contribution in [3.05, 3.63) is 51.9 Å². The molecule has 27 heavy (non-hydrogen) atoms. The molecule has 1 fully saturated rings. The van der Waals surface area contributed by atoms with Crippen LogP contribution < -0.4 is 10.9 Å². The van der Waals surface area contributed by atoms with Crippen LogP contribution in [-0.4, -0.2) is 40.5 Å². The lowest BCUT2D eigenvalue weighted by atomic mass is 10.1. The molecule has 0 radical (unpaired) electrons. The first-order valence-corrected chi connectivity index (χ1v) is 10.6. The molecule has 0 spiro atoms. The number of benzene rings is 1. The van der Waals surface area contributed by atoms with Crippen LogP contribution in [0.2, 0.25) is 5.02 Å². The molecular formula is C18H17ClN4O3S. The number of halogens is 1. The molecular weight excluding hydrogens is 388 g/mol. The summed E-state index contributed by atoms with van der Waals surface area (Å²) in [5.74, 6) is 0.543. The minimum atomic E-state index is -3.00. The van der Waals surface area contributed by atoms with Crippen LogP contribution in [0, 0.1) is 0 Å². The van der Waals surface area contributed by atoms with Gasteiger partial charge in [0.15, 0.2) is 9.84 Å². The maximum absolute atomic E-state index is 12.8. The molecule has 9 heteroatoms. The van der Waals surface area contributed by atoms with Gasteiger partial charge in [0, 0.05) is 40.8 Å². The van der Waals surface area contributed by atoms with Gasteiger partial charge in [-0.15, -0.1) is 0 Å². The smallest absolute Gasteiger partial charge is 0.259 e. The van der Waals surface area contributed by atoms with Gasteiger partial charge >= 0.3 is 0 Å². The fraction of sp³-hybridized carbons (Fsp3) is 0.278. The number of nitrogens with one attached hydrogen (secondary N) is 1. The van der Waals surface area contributed by atoms with Crippen molar-refractivity contribution in [3.8, 4) is 11.1 Å². The summed E-state index contributed by atoms with van der Waals surface area (Å²) >= 11 is 6.24. The Hall–Kier alpha value is -2.45. The normalized spacial score (nSPS) is 18.7. The van der Waals surface area contributed by atoms with Gasteiger partial charge in [0.2, 0.25) is 5.95 Å². The summed E-state index contributed by atoms with van der Waals surface area (Å²) in [5, 5.41) is 4.24. The van der Waals surface area contributed by atoms with Crippen LogP contribution >= 0.6 is 11.6 Å². The SMILES string of the molecule is Cn1c(=O)c(-c2ccccc2Cl)cc2cnc(NC3CCS(=O)(=O)C3)nc21. The Morgan fingerprint density at radius 2 is 2.04 bits per heavy atom. The summed E-state index contributed by atoms with van der Waals surface area (Å²) in [6, 6.07) is 8.67. The van der Waals surface area contributed by atoms with Crippen LogP contribution in [0.25, 0.3) is 22.2 Å². The van der Waals surface area contributed by atoms with Gasteiger partial charge < -0.3 is 5.32 Å². The quantitative estimate of drug-likeness (QED) is 0.719. The first-order chi connectivity index (χ1) is 12.8. The zero-order valence-electron chi connectivity index (χ0n) is 14.5. The van der Waals surface area contributed by atoms with Crippen molar-refractivity contribution in [1.29, 1.82) is 0 Å². The standard InChI is InChI=1S/C18H17ClN4O3S/c1-23-16-11(8-14(17(23)24)13-4-2-3-5-15(13)19)9-20-18(22-16)21-12-6-7-27(25,26)10-12/h2-5,8-9,12H,6-7,10H2,1H3,(H,20,21,22). The second kappa shape index (κ2) is 6.61. The van der Waals surface area contributed by atoms with E-state index in [9.17, 15) is 13.2 Å². The van der Waals surface area contributed by atoms with Crippen molar-refractivity contribution in [3.63, 3.8) is 0 Å². The number of sulfone groups is 1. The molecule has 1 atom stereocenters. The topological polar surface area (TPSA) is 94.0 Å². The number of aryl methyl sites for hydroxylation is 1. The van der Waals surface area contributed by atoms with Gasteiger partial charge in [-0.2, -0.15) is 4.98 Å². The second-order valence-electron chi connectivity index (χ2n) is 6.62. The van der Waals surface area contributed by atoms with E-state index < -0.39 is 9.84 Å². The van der Waals surface area contributed by atoms with Gasteiger partial charge in [-0.05, 0) is 18.6 Å². The molecule has 1 N–H and O–H groups in total. The average molecular weight is 405 g/mol. The van der Waals surface area contributed by atoms with E-state index in [4.69, 9.17) is 11.6 Å². The van der Waals surface area contributed by atoms with E-state index in [1.165, 1.54) is 4.57 Å². The third kappa shape index (κ3) is 3.42. The maximum Gasteiger partial charge on any atom is 0.259 e. The van der Waals surface area contributed by atoms with Crippen LogP contribution in [0.3, 0.4) is 0 Å². The first-order valence-electron chi connectivity index (χ1n) is 8.43.